The number of hydrogen-bond donors (Lipinski definition) is 0. The van der Waals surface area contributed by atoms with Crippen LogP contribution in [0.3, 0.4) is 0 Å². The quantitative estimate of drug-likeness (QED) is 0.404. The molecule has 6 nitrogen and oxygen atoms in total. The fourth-order valence-corrected chi connectivity index (χ4v) is 8.01. The second-order valence-electron chi connectivity index (χ2n) is 11.8. The summed E-state index contributed by atoms with van der Waals surface area (Å²) >= 11 is 0. The highest BCUT2D eigenvalue weighted by Crippen LogP contribution is 2.65. The number of fused-ring (bicyclic) bond motifs is 4. The number of ether oxygens (including phenoxy) is 2. The van der Waals surface area contributed by atoms with E-state index in [0.717, 1.165) is 43.4 Å². The molecule has 7 heteroatoms. The van der Waals surface area contributed by atoms with Crippen LogP contribution < -0.4 is 4.90 Å². The summed E-state index contributed by atoms with van der Waals surface area (Å²) in [4.78, 5) is 39.8. The van der Waals surface area contributed by atoms with Crippen molar-refractivity contribution >= 4 is 40.2 Å². The van der Waals surface area contributed by atoms with Crippen LogP contribution in [0.25, 0.3) is 0 Å². The average molecular weight is 587 g/mol. The fraction of sp³-hybridized carbons (Fsp3) is 0.581. The third-order valence-corrected chi connectivity index (χ3v) is 9.59. The van der Waals surface area contributed by atoms with E-state index >= 15 is 0 Å². The maximum absolute atomic E-state index is 13.2. The van der Waals surface area contributed by atoms with Crippen LogP contribution in [0.5, 0.6) is 0 Å². The number of benzene rings is 1. The zero-order valence-electron chi connectivity index (χ0n) is 23.1. The number of rotatable bonds is 6. The van der Waals surface area contributed by atoms with Crippen LogP contribution in [0.15, 0.2) is 47.1 Å². The van der Waals surface area contributed by atoms with Gasteiger partial charge < -0.3 is 14.4 Å². The van der Waals surface area contributed by atoms with Crippen LogP contribution in [0.2, 0.25) is 0 Å². The number of methoxy groups -OCH3 is 1. The van der Waals surface area contributed by atoms with Gasteiger partial charge in [0.1, 0.15) is 6.61 Å². The number of allylic oxidation sites excluding steroid dienone is 2. The van der Waals surface area contributed by atoms with Crippen LogP contribution in [0, 0.1) is 23.2 Å². The van der Waals surface area contributed by atoms with E-state index in [1.807, 2.05) is 14.1 Å². The minimum atomic E-state index is -0.743. The Hall–Kier alpha value is -2.25. The van der Waals surface area contributed by atoms with Crippen molar-refractivity contribution in [3.05, 3.63) is 52.6 Å². The van der Waals surface area contributed by atoms with Gasteiger partial charge in [0.25, 0.3) is 0 Å². The summed E-state index contributed by atoms with van der Waals surface area (Å²) in [5.74, 6) is 0.636. The molecule has 0 spiro atoms. The van der Waals surface area contributed by atoms with Crippen LogP contribution in [-0.2, 0) is 23.9 Å². The third-order valence-electron chi connectivity index (χ3n) is 9.59. The molecule has 0 saturated heterocycles. The first-order valence-electron chi connectivity index (χ1n) is 13.6. The second kappa shape index (κ2) is 11.1. The van der Waals surface area contributed by atoms with Crippen LogP contribution in [0.1, 0.15) is 63.9 Å². The summed E-state index contributed by atoms with van der Waals surface area (Å²) in [6.07, 6.45) is 6.14. The highest BCUT2D eigenvalue weighted by atomic mass is 79.9. The van der Waals surface area contributed by atoms with E-state index in [1.54, 1.807) is 13.2 Å². The van der Waals surface area contributed by atoms with Gasteiger partial charge in [-0.2, -0.15) is 0 Å². The van der Waals surface area contributed by atoms with Gasteiger partial charge in [-0.05, 0) is 84.3 Å². The summed E-state index contributed by atoms with van der Waals surface area (Å²) in [7, 11) is 5.68. The van der Waals surface area contributed by atoms with E-state index in [4.69, 9.17) is 9.47 Å². The Morgan fingerprint density at radius 3 is 2.45 bits per heavy atom. The molecule has 4 aliphatic carbocycles. The van der Waals surface area contributed by atoms with Gasteiger partial charge in [0.15, 0.2) is 17.7 Å². The predicted octanol–water partition coefficient (Wildman–Crippen LogP) is 5.60. The highest BCUT2D eigenvalue weighted by molar-refractivity contribution is 8.93. The van der Waals surface area contributed by atoms with Crippen LogP contribution >= 0.6 is 17.0 Å². The van der Waals surface area contributed by atoms with Crippen molar-refractivity contribution in [2.24, 2.45) is 23.2 Å². The third kappa shape index (κ3) is 4.92. The predicted molar refractivity (Wildman–Crippen MR) is 153 cm³/mol. The van der Waals surface area contributed by atoms with Crippen molar-refractivity contribution in [1.29, 1.82) is 0 Å². The molecule has 2 saturated carbocycles. The average Bonchev–Trinajstić information content (AvgIpc) is 3.21. The first-order valence-corrected chi connectivity index (χ1v) is 13.6. The first kappa shape index (κ1) is 28.8. The van der Waals surface area contributed by atoms with Gasteiger partial charge in [-0.15, -0.1) is 17.0 Å². The van der Waals surface area contributed by atoms with Crippen molar-refractivity contribution in [2.75, 3.05) is 32.7 Å². The Labute approximate surface area is 236 Å². The van der Waals surface area contributed by atoms with Crippen molar-refractivity contribution in [2.45, 2.75) is 64.4 Å². The number of ketones is 2. The van der Waals surface area contributed by atoms with Crippen LogP contribution in [0.4, 0.5) is 5.69 Å². The summed E-state index contributed by atoms with van der Waals surface area (Å²) in [5.41, 5.74) is 6.05. The molecule has 206 valence electrons. The topological polar surface area (TPSA) is 72.9 Å². The fourth-order valence-electron chi connectivity index (χ4n) is 8.01. The lowest BCUT2D eigenvalue weighted by Crippen LogP contribution is -2.46. The number of nitrogens with zero attached hydrogens (tertiary/aromatic N) is 1. The number of hydrogen-bond acceptors (Lipinski definition) is 6. The molecular formula is C31H40BrNO5. The molecule has 5 rings (SSSR count). The van der Waals surface area contributed by atoms with E-state index in [-0.39, 0.29) is 52.4 Å². The number of carbonyl (C=O) groups excluding carboxylic acids is 3. The molecule has 0 radical (unpaired) electrons. The van der Waals surface area contributed by atoms with Gasteiger partial charge in [-0.1, -0.05) is 24.6 Å². The monoisotopic (exact) mass is 585 g/mol. The van der Waals surface area contributed by atoms with E-state index in [0.29, 0.717) is 18.3 Å². The molecule has 0 heterocycles. The van der Waals surface area contributed by atoms with Gasteiger partial charge in [0, 0.05) is 52.1 Å². The Bertz CT molecular complexity index is 1170. The molecule has 0 amide bonds. The largest absolute Gasteiger partial charge is 0.454 e. The Balaban J connectivity index is 0.00000336. The van der Waals surface area contributed by atoms with E-state index in [2.05, 4.69) is 36.1 Å². The maximum atomic E-state index is 13.2. The van der Waals surface area contributed by atoms with Gasteiger partial charge in [-0.25, -0.2) is 0 Å². The standard InChI is InChI=1S/C31H39NO5.BrH/c1-18(33)37-29-15-23-20(14-27(29)34)8-11-22-25-12-13-26(28(35)17-36-5)31(25,2)16-24(30(22)23)19-6-9-21(10-7-19)32(3)4;/h6-7,9-10,14,22,24-26,29H,8,11-13,15-17H2,1-5H3;1H/t22-,24+,25-,26+,29?,31-;/m0./s1. The van der Waals surface area contributed by atoms with Crippen molar-refractivity contribution < 1.29 is 23.9 Å². The Morgan fingerprint density at radius 2 is 1.82 bits per heavy atom. The molecule has 1 unspecified atom stereocenters. The van der Waals surface area contributed by atoms with Gasteiger partial charge >= 0.3 is 5.97 Å². The zero-order chi connectivity index (χ0) is 26.5. The van der Waals surface area contributed by atoms with Gasteiger partial charge in [0.05, 0.1) is 0 Å². The lowest BCUT2D eigenvalue weighted by molar-refractivity contribution is -0.151. The molecule has 38 heavy (non-hydrogen) atoms. The molecule has 2 fully saturated rings. The minimum absolute atomic E-state index is 0. The lowest BCUT2D eigenvalue weighted by atomic mass is 9.51. The summed E-state index contributed by atoms with van der Waals surface area (Å²) < 4.78 is 10.7. The summed E-state index contributed by atoms with van der Waals surface area (Å²) in [6.45, 7) is 3.88. The molecule has 0 N–H and O–H groups in total. The number of halogens is 1. The Kier molecular flexibility index (Phi) is 8.39. The first-order chi connectivity index (χ1) is 17.6. The van der Waals surface area contributed by atoms with Crippen molar-refractivity contribution in [3.63, 3.8) is 0 Å². The molecule has 1 aromatic carbocycles. The minimum Gasteiger partial charge on any atom is -0.454 e. The summed E-state index contributed by atoms with van der Waals surface area (Å²) in [5, 5.41) is 0. The smallest absolute Gasteiger partial charge is 0.303 e. The second-order valence-corrected chi connectivity index (χ2v) is 11.8. The molecular weight excluding hydrogens is 546 g/mol. The summed E-state index contributed by atoms with van der Waals surface area (Å²) in [6, 6.07) is 8.78. The molecule has 0 aliphatic heterocycles. The van der Waals surface area contributed by atoms with E-state index in [9.17, 15) is 14.4 Å². The van der Waals surface area contributed by atoms with Crippen molar-refractivity contribution in [3.8, 4) is 0 Å². The number of esters is 1. The lowest BCUT2D eigenvalue weighted by Gasteiger charge is -2.52. The number of anilines is 1. The Morgan fingerprint density at radius 1 is 1.11 bits per heavy atom. The zero-order valence-corrected chi connectivity index (χ0v) is 24.8. The molecule has 0 aromatic heterocycles. The maximum Gasteiger partial charge on any atom is 0.303 e. The van der Waals surface area contributed by atoms with Crippen molar-refractivity contribution in [1.82, 2.24) is 0 Å². The van der Waals surface area contributed by atoms with Gasteiger partial charge in [0.2, 0.25) is 0 Å². The molecule has 1 aromatic rings. The molecule has 6 atom stereocenters. The molecule has 4 aliphatic rings. The number of Topliss-reactive ketones (excluding diaryl/α,β-unsaturated/α-hetero) is 1. The highest BCUT2D eigenvalue weighted by Gasteiger charge is 2.58. The number of carbonyl (C=O) groups is 3. The van der Waals surface area contributed by atoms with E-state index < -0.39 is 12.1 Å². The van der Waals surface area contributed by atoms with Crippen LogP contribution in [-0.4, -0.2) is 51.5 Å². The molecule has 0 bridgehead atoms. The SMILES string of the molecule is Br.COCC(=O)[C@H]1CC[C@H]2[C@@H]3CCC4=CC(=O)C(OC(C)=O)CC4=C3[C@@H](c3ccc(N(C)C)cc3)C[C@]12C. The normalized spacial score (nSPS) is 31.9. The van der Waals surface area contributed by atoms with Gasteiger partial charge in [-0.3, -0.25) is 14.4 Å². The van der Waals surface area contributed by atoms with E-state index in [1.165, 1.54) is 23.6 Å².